The first-order valence-corrected chi connectivity index (χ1v) is 6.96. The topological polar surface area (TPSA) is 22.4 Å². The number of hydrogen-bond donors (Lipinski definition) is 0. The SMILES string of the molecule is CC1(C)Cc2cc(C(Br)c3ccco3)ccc2O1. The number of ether oxygens (including phenoxy) is 1. The maximum absolute atomic E-state index is 5.88. The van der Waals surface area contributed by atoms with Crippen molar-refractivity contribution in [3.63, 3.8) is 0 Å². The van der Waals surface area contributed by atoms with Crippen LogP contribution in [-0.2, 0) is 6.42 Å². The van der Waals surface area contributed by atoms with Crippen molar-refractivity contribution in [3.05, 3.63) is 53.5 Å². The van der Waals surface area contributed by atoms with Gasteiger partial charge in [-0.05, 0) is 43.2 Å². The van der Waals surface area contributed by atoms with E-state index < -0.39 is 0 Å². The molecule has 0 aliphatic carbocycles. The van der Waals surface area contributed by atoms with Gasteiger partial charge < -0.3 is 9.15 Å². The normalized spacial score (nSPS) is 18.2. The Morgan fingerprint density at radius 2 is 2.11 bits per heavy atom. The molecule has 1 unspecified atom stereocenters. The molecule has 1 aliphatic rings. The lowest BCUT2D eigenvalue weighted by Crippen LogP contribution is -2.24. The van der Waals surface area contributed by atoms with E-state index in [4.69, 9.17) is 9.15 Å². The van der Waals surface area contributed by atoms with Gasteiger partial charge in [0.2, 0.25) is 0 Å². The van der Waals surface area contributed by atoms with E-state index in [0.717, 1.165) is 17.9 Å². The van der Waals surface area contributed by atoms with E-state index in [-0.39, 0.29) is 10.4 Å². The molecule has 3 heteroatoms. The summed E-state index contributed by atoms with van der Waals surface area (Å²) in [6.07, 6.45) is 2.65. The molecule has 2 nitrogen and oxygen atoms in total. The molecule has 1 aliphatic heterocycles. The van der Waals surface area contributed by atoms with Crippen LogP contribution in [0.2, 0.25) is 0 Å². The smallest absolute Gasteiger partial charge is 0.123 e. The van der Waals surface area contributed by atoms with Crippen LogP contribution in [0.25, 0.3) is 0 Å². The Labute approximate surface area is 115 Å². The van der Waals surface area contributed by atoms with E-state index in [1.54, 1.807) is 6.26 Å². The molecular weight excluding hydrogens is 292 g/mol. The van der Waals surface area contributed by atoms with Gasteiger partial charge in [0.1, 0.15) is 17.1 Å². The van der Waals surface area contributed by atoms with E-state index in [0.29, 0.717) is 0 Å². The molecule has 94 valence electrons. The zero-order valence-corrected chi connectivity index (χ0v) is 12.0. The van der Waals surface area contributed by atoms with Crippen molar-refractivity contribution < 1.29 is 9.15 Å². The van der Waals surface area contributed by atoms with Gasteiger partial charge in [-0.25, -0.2) is 0 Å². The molecular formula is C15H15BrO2. The van der Waals surface area contributed by atoms with E-state index in [1.165, 1.54) is 11.1 Å². The highest BCUT2D eigenvalue weighted by Gasteiger charge is 2.30. The summed E-state index contributed by atoms with van der Waals surface area (Å²) < 4.78 is 11.3. The van der Waals surface area contributed by atoms with E-state index in [9.17, 15) is 0 Å². The predicted molar refractivity (Wildman–Crippen MR) is 74.3 cm³/mol. The van der Waals surface area contributed by atoms with Crippen molar-refractivity contribution in [2.24, 2.45) is 0 Å². The standard InChI is InChI=1S/C15H15BrO2/c1-15(2)9-11-8-10(5-6-12(11)18-15)14(16)13-4-3-7-17-13/h3-8,14H,9H2,1-2H3. The van der Waals surface area contributed by atoms with Gasteiger partial charge in [0.15, 0.2) is 0 Å². The average molecular weight is 307 g/mol. The highest BCUT2D eigenvalue weighted by Crippen LogP contribution is 2.39. The summed E-state index contributed by atoms with van der Waals surface area (Å²) in [5.41, 5.74) is 2.38. The Bertz CT molecular complexity index is 558. The Morgan fingerprint density at radius 3 is 2.83 bits per heavy atom. The fraction of sp³-hybridized carbons (Fsp3) is 0.333. The van der Waals surface area contributed by atoms with Crippen LogP contribution in [0.15, 0.2) is 41.0 Å². The molecule has 1 aromatic carbocycles. The van der Waals surface area contributed by atoms with E-state index in [2.05, 4.69) is 48.0 Å². The lowest BCUT2D eigenvalue weighted by atomic mass is 9.99. The number of fused-ring (bicyclic) bond motifs is 1. The van der Waals surface area contributed by atoms with Gasteiger partial charge in [-0.1, -0.05) is 28.1 Å². The van der Waals surface area contributed by atoms with Crippen LogP contribution in [0.3, 0.4) is 0 Å². The van der Waals surface area contributed by atoms with Crippen LogP contribution >= 0.6 is 15.9 Å². The van der Waals surface area contributed by atoms with Crippen molar-refractivity contribution in [2.75, 3.05) is 0 Å². The van der Waals surface area contributed by atoms with E-state index in [1.807, 2.05) is 12.1 Å². The zero-order valence-electron chi connectivity index (χ0n) is 10.4. The Hall–Kier alpha value is -1.22. The molecule has 0 radical (unpaired) electrons. The van der Waals surface area contributed by atoms with Crippen molar-refractivity contribution in [1.29, 1.82) is 0 Å². The lowest BCUT2D eigenvalue weighted by Gasteiger charge is -2.16. The molecule has 0 bridgehead atoms. The fourth-order valence-electron chi connectivity index (χ4n) is 2.39. The first-order valence-electron chi connectivity index (χ1n) is 6.04. The second-order valence-corrected chi connectivity index (χ2v) is 6.20. The number of benzene rings is 1. The molecule has 0 spiro atoms. The van der Waals surface area contributed by atoms with Gasteiger partial charge in [0.25, 0.3) is 0 Å². The van der Waals surface area contributed by atoms with Crippen molar-refractivity contribution in [2.45, 2.75) is 30.7 Å². The molecule has 0 saturated carbocycles. The second kappa shape index (κ2) is 4.16. The van der Waals surface area contributed by atoms with Gasteiger partial charge in [-0.2, -0.15) is 0 Å². The van der Waals surface area contributed by atoms with Crippen molar-refractivity contribution >= 4 is 15.9 Å². The molecule has 18 heavy (non-hydrogen) atoms. The molecule has 0 fully saturated rings. The number of rotatable bonds is 2. The van der Waals surface area contributed by atoms with Crippen LogP contribution in [0.5, 0.6) is 5.75 Å². The molecule has 0 amide bonds. The first-order chi connectivity index (χ1) is 8.55. The summed E-state index contributed by atoms with van der Waals surface area (Å²) in [5, 5.41) is 0. The molecule has 1 aromatic heterocycles. The molecule has 2 aromatic rings. The third-order valence-electron chi connectivity index (χ3n) is 3.17. The number of furan rings is 1. The van der Waals surface area contributed by atoms with Gasteiger partial charge in [0, 0.05) is 6.42 Å². The quantitative estimate of drug-likeness (QED) is 0.763. The maximum Gasteiger partial charge on any atom is 0.123 e. The fourth-order valence-corrected chi connectivity index (χ4v) is 2.93. The minimum Gasteiger partial charge on any atom is -0.487 e. The monoisotopic (exact) mass is 306 g/mol. The molecule has 2 heterocycles. The highest BCUT2D eigenvalue weighted by atomic mass is 79.9. The summed E-state index contributed by atoms with van der Waals surface area (Å²) in [4.78, 5) is 0.0986. The van der Waals surface area contributed by atoms with Crippen molar-refractivity contribution in [1.82, 2.24) is 0 Å². The molecule has 3 rings (SSSR count). The summed E-state index contributed by atoms with van der Waals surface area (Å²) in [6.45, 7) is 4.23. The van der Waals surface area contributed by atoms with Gasteiger partial charge in [0.05, 0.1) is 11.1 Å². The lowest BCUT2D eigenvalue weighted by molar-refractivity contribution is 0.138. The Balaban J connectivity index is 1.93. The second-order valence-electron chi connectivity index (χ2n) is 5.28. The predicted octanol–water partition coefficient (Wildman–Crippen LogP) is 4.48. The average Bonchev–Trinajstić information content (AvgIpc) is 2.91. The third kappa shape index (κ3) is 2.07. The number of alkyl halides is 1. The van der Waals surface area contributed by atoms with Gasteiger partial charge in [-0.15, -0.1) is 0 Å². The Kier molecular flexibility index (Phi) is 2.74. The Morgan fingerprint density at radius 1 is 1.28 bits per heavy atom. The summed E-state index contributed by atoms with van der Waals surface area (Å²) in [5.74, 6) is 1.93. The minimum absolute atomic E-state index is 0.0898. The van der Waals surface area contributed by atoms with Crippen LogP contribution in [0.1, 0.15) is 35.6 Å². The minimum atomic E-state index is -0.0898. The number of halogens is 1. The summed E-state index contributed by atoms with van der Waals surface area (Å²) in [6, 6.07) is 10.2. The van der Waals surface area contributed by atoms with Crippen LogP contribution in [0, 0.1) is 0 Å². The third-order valence-corrected chi connectivity index (χ3v) is 4.15. The van der Waals surface area contributed by atoms with Gasteiger partial charge in [-0.3, -0.25) is 0 Å². The van der Waals surface area contributed by atoms with Crippen molar-refractivity contribution in [3.8, 4) is 5.75 Å². The molecule has 0 N–H and O–H groups in total. The van der Waals surface area contributed by atoms with E-state index >= 15 is 0 Å². The molecule has 1 atom stereocenters. The highest BCUT2D eigenvalue weighted by molar-refractivity contribution is 9.09. The first kappa shape index (κ1) is 11.8. The van der Waals surface area contributed by atoms with Crippen LogP contribution in [0.4, 0.5) is 0 Å². The maximum atomic E-state index is 5.88. The molecule has 0 saturated heterocycles. The van der Waals surface area contributed by atoms with Crippen LogP contribution in [-0.4, -0.2) is 5.60 Å². The zero-order chi connectivity index (χ0) is 12.8. The summed E-state index contributed by atoms with van der Waals surface area (Å²) >= 11 is 3.68. The van der Waals surface area contributed by atoms with Gasteiger partial charge >= 0.3 is 0 Å². The van der Waals surface area contributed by atoms with Crippen LogP contribution < -0.4 is 4.74 Å². The largest absolute Gasteiger partial charge is 0.487 e. The summed E-state index contributed by atoms with van der Waals surface area (Å²) in [7, 11) is 0. The number of hydrogen-bond acceptors (Lipinski definition) is 2.